The van der Waals surface area contributed by atoms with Crippen molar-refractivity contribution < 1.29 is 14.3 Å². The Morgan fingerprint density at radius 1 is 1.38 bits per heavy atom. The highest BCUT2D eigenvalue weighted by Crippen LogP contribution is 2.25. The monoisotopic (exact) mass is 219 g/mol. The van der Waals surface area contributed by atoms with Gasteiger partial charge in [-0.2, -0.15) is 0 Å². The van der Waals surface area contributed by atoms with Crippen LogP contribution in [-0.2, 0) is 20.7 Å². The van der Waals surface area contributed by atoms with Gasteiger partial charge in [-0.3, -0.25) is 9.59 Å². The Bertz CT molecular complexity index is 428. The van der Waals surface area contributed by atoms with Gasteiger partial charge in [0.25, 0.3) is 0 Å². The quantitative estimate of drug-likeness (QED) is 0.725. The molecule has 0 saturated carbocycles. The molecule has 0 spiro atoms. The third kappa shape index (κ3) is 2.05. The summed E-state index contributed by atoms with van der Waals surface area (Å²) < 4.78 is 4.69. The summed E-state index contributed by atoms with van der Waals surface area (Å²) in [5.74, 6) is -0.846. The van der Waals surface area contributed by atoms with Gasteiger partial charge < -0.3 is 10.1 Å². The Morgan fingerprint density at radius 3 is 2.88 bits per heavy atom. The van der Waals surface area contributed by atoms with Crippen LogP contribution in [0.2, 0.25) is 0 Å². The molecule has 0 radical (unpaired) electrons. The van der Waals surface area contributed by atoms with E-state index < -0.39 is 0 Å². The number of rotatable bonds is 1. The molecule has 0 aromatic heterocycles. The zero-order valence-corrected chi connectivity index (χ0v) is 9.03. The van der Waals surface area contributed by atoms with Crippen molar-refractivity contribution in [2.45, 2.75) is 12.8 Å². The molecule has 16 heavy (non-hydrogen) atoms. The van der Waals surface area contributed by atoms with E-state index in [-0.39, 0.29) is 24.2 Å². The summed E-state index contributed by atoms with van der Waals surface area (Å²) in [5.41, 5.74) is 1.77. The molecule has 1 heterocycles. The molecular formula is C12H13NO3. The van der Waals surface area contributed by atoms with Crippen molar-refractivity contribution in [3.8, 4) is 0 Å². The van der Waals surface area contributed by atoms with Crippen LogP contribution in [0.1, 0.15) is 12.0 Å². The second-order valence-corrected chi connectivity index (χ2v) is 3.83. The number of carbonyl (C=O) groups excluding carboxylic acids is 2. The molecule has 0 bridgehead atoms. The normalized spacial score (nSPS) is 19.3. The average molecular weight is 219 g/mol. The van der Waals surface area contributed by atoms with E-state index in [0.717, 1.165) is 11.3 Å². The van der Waals surface area contributed by atoms with E-state index in [9.17, 15) is 9.59 Å². The van der Waals surface area contributed by atoms with Crippen molar-refractivity contribution in [1.82, 2.24) is 0 Å². The fourth-order valence-corrected chi connectivity index (χ4v) is 1.92. The van der Waals surface area contributed by atoms with Crippen LogP contribution in [0.4, 0.5) is 5.69 Å². The molecule has 1 amide bonds. The first-order valence-corrected chi connectivity index (χ1v) is 5.16. The van der Waals surface area contributed by atoms with Gasteiger partial charge in [-0.25, -0.2) is 0 Å². The van der Waals surface area contributed by atoms with E-state index in [1.165, 1.54) is 7.11 Å². The summed E-state index contributed by atoms with van der Waals surface area (Å²) in [6.45, 7) is 0. The van der Waals surface area contributed by atoms with E-state index >= 15 is 0 Å². The van der Waals surface area contributed by atoms with Crippen LogP contribution >= 0.6 is 0 Å². The fourth-order valence-electron chi connectivity index (χ4n) is 1.92. The maximum atomic E-state index is 11.6. The van der Waals surface area contributed by atoms with Crippen LogP contribution in [-0.4, -0.2) is 19.0 Å². The predicted octanol–water partition coefficient (Wildman–Crippen LogP) is 1.36. The number of para-hydroxylation sites is 1. The van der Waals surface area contributed by atoms with Crippen LogP contribution in [0.25, 0.3) is 0 Å². The SMILES string of the molecule is COC(=O)[C@@H]1CC(=O)Nc2ccccc2C1. The summed E-state index contributed by atoms with van der Waals surface area (Å²) in [4.78, 5) is 23.0. The second-order valence-electron chi connectivity index (χ2n) is 3.83. The molecule has 0 aliphatic carbocycles. The largest absolute Gasteiger partial charge is 0.469 e. The second kappa shape index (κ2) is 4.35. The fraction of sp³-hybridized carbons (Fsp3) is 0.333. The third-order valence-electron chi connectivity index (χ3n) is 2.72. The van der Waals surface area contributed by atoms with Crippen molar-refractivity contribution >= 4 is 17.6 Å². The Balaban J connectivity index is 2.30. The van der Waals surface area contributed by atoms with Crippen LogP contribution in [0.15, 0.2) is 24.3 Å². The third-order valence-corrected chi connectivity index (χ3v) is 2.72. The lowest BCUT2D eigenvalue weighted by Crippen LogP contribution is -2.22. The van der Waals surface area contributed by atoms with E-state index in [1.54, 1.807) is 0 Å². The van der Waals surface area contributed by atoms with E-state index in [4.69, 9.17) is 0 Å². The smallest absolute Gasteiger partial charge is 0.309 e. The number of benzene rings is 1. The van der Waals surface area contributed by atoms with Crippen molar-refractivity contribution in [2.24, 2.45) is 5.92 Å². The van der Waals surface area contributed by atoms with Crippen molar-refractivity contribution in [1.29, 1.82) is 0 Å². The number of nitrogens with one attached hydrogen (secondary N) is 1. The van der Waals surface area contributed by atoms with Gasteiger partial charge in [0, 0.05) is 12.1 Å². The minimum Gasteiger partial charge on any atom is -0.469 e. The average Bonchev–Trinajstić information content (AvgIpc) is 2.45. The zero-order chi connectivity index (χ0) is 11.5. The van der Waals surface area contributed by atoms with Crippen LogP contribution in [0, 0.1) is 5.92 Å². The highest BCUT2D eigenvalue weighted by Gasteiger charge is 2.27. The predicted molar refractivity (Wildman–Crippen MR) is 58.9 cm³/mol. The summed E-state index contributed by atoms with van der Waals surface area (Å²) in [5, 5.41) is 2.78. The Labute approximate surface area is 93.6 Å². The van der Waals surface area contributed by atoms with Crippen molar-refractivity contribution in [2.75, 3.05) is 12.4 Å². The molecule has 84 valence electrons. The maximum absolute atomic E-state index is 11.6. The van der Waals surface area contributed by atoms with E-state index in [2.05, 4.69) is 10.1 Å². The van der Waals surface area contributed by atoms with E-state index in [0.29, 0.717) is 6.42 Å². The highest BCUT2D eigenvalue weighted by atomic mass is 16.5. The number of hydrogen-bond acceptors (Lipinski definition) is 3. The van der Waals surface area contributed by atoms with Gasteiger partial charge in [-0.05, 0) is 18.1 Å². The van der Waals surface area contributed by atoms with Gasteiger partial charge in [-0.1, -0.05) is 18.2 Å². The molecule has 4 nitrogen and oxygen atoms in total. The lowest BCUT2D eigenvalue weighted by molar-refractivity contribution is -0.146. The zero-order valence-electron chi connectivity index (χ0n) is 9.03. The molecule has 0 fully saturated rings. The van der Waals surface area contributed by atoms with Gasteiger partial charge >= 0.3 is 5.97 Å². The van der Waals surface area contributed by atoms with Gasteiger partial charge in [0.15, 0.2) is 0 Å². The Kier molecular flexibility index (Phi) is 2.90. The summed E-state index contributed by atoms with van der Waals surface area (Å²) >= 11 is 0. The first-order chi connectivity index (χ1) is 7.70. The van der Waals surface area contributed by atoms with Gasteiger partial charge in [0.2, 0.25) is 5.91 Å². The molecule has 1 aliphatic rings. The van der Waals surface area contributed by atoms with Gasteiger partial charge in [0.05, 0.1) is 13.0 Å². The maximum Gasteiger partial charge on any atom is 0.309 e. The van der Waals surface area contributed by atoms with Crippen LogP contribution in [0.5, 0.6) is 0 Å². The molecule has 1 aromatic rings. The first kappa shape index (κ1) is 10.7. The molecule has 1 aromatic carbocycles. The number of carbonyl (C=O) groups is 2. The number of hydrogen-bond donors (Lipinski definition) is 1. The lowest BCUT2D eigenvalue weighted by Gasteiger charge is -2.10. The molecule has 0 saturated heterocycles. The molecular weight excluding hydrogens is 206 g/mol. The molecule has 4 heteroatoms. The number of esters is 1. The van der Waals surface area contributed by atoms with Crippen molar-refractivity contribution in [3.63, 3.8) is 0 Å². The van der Waals surface area contributed by atoms with Crippen LogP contribution in [0.3, 0.4) is 0 Å². The summed E-state index contributed by atoms with van der Waals surface area (Å²) in [7, 11) is 1.34. The van der Waals surface area contributed by atoms with Gasteiger partial charge in [-0.15, -0.1) is 0 Å². The topological polar surface area (TPSA) is 55.4 Å². The Hall–Kier alpha value is -1.84. The Morgan fingerprint density at radius 2 is 2.12 bits per heavy atom. The minimum atomic E-state index is -0.381. The molecule has 1 N–H and O–H groups in total. The molecule has 0 unspecified atom stereocenters. The standard InChI is InChI=1S/C12H13NO3/c1-16-12(15)9-6-8-4-2-3-5-10(8)13-11(14)7-9/h2-5,9H,6-7H2,1H3,(H,13,14)/t9-/m0/s1. The number of methoxy groups -OCH3 is 1. The summed E-state index contributed by atoms with van der Waals surface area (Å²) in [6, 6.07) is 7.51. The van der Waals surface area contributed by atoms with Crippen molar-refractivity contribution in [3.05, 3.63) is 29.8 Å². The van der Waals surface area contributed by atoms with E-state index in [1.807, 2.05) is 24.3 Å². The van der Waals surface area contributed by atoms with Gasteiger partial charge in [0.1, 0.15) is 0 Å². The molecule has 2 rings (SSSR count). The number of fused-ring (bicyclic) bond motifs is 1. The molecule has 1 atom stereocenters. The highest BCUT2D eigenvalue weighted by molar-refractivity contribution is 5.95. The number of amides is 1. The molecule has 1 aliphatic heterocycles. The first-order valence-electron chi connectivity index (χ1n) is 5.16. The minimum absolute atomic E-state index is 0.139. The van der Waals surface area contributed by atoms with Crippen LogP contribution < -0.4 is 5.32 Å². The number of anilines is 1. The summed E-state index contributed by atoms with van der Waals surface area (Å²) in [6.07, 6.45) is 0.725. The number of ether oxygens (including phenoxy) is 1. The lowest BCUT2D eigenvalue weighted by atomic mass is 9.97.